The summed E-state index contributed by atoms with van der Waals surface area (Å²) in [6, 6.07) is 0.00618. The minimum absolute atomic E-state index is 0.00618. The van der Waals surface area contributed by atoms with Crippen molar-refractivity contribution in [2.75, 3.05) is 33.9 Å². The molecule has 1 saturated carbocycles. The monoisotopic (exact) mass is 307 g/mol. The third kappa shape index (κ3) is 4.69. The molecule has 118 valence electrons. The first-order valence-corrected chi connectivity index (χ1v) is 8.29. The molecule has 0 spiro atoms. The Kier molecular flexibility index (Phi) is 6.87. The normalized spacial score (nSPS) is 17.8. The number of rotatable bonds is 8. The molecule has 0 aromatic rings. The first-order valence-electron chi connectivity index (χ1n) is 6.90. The topological polar surface area (TPSA) is 92.9 Å². The van der Waals surface area contributed by atoms with Crippen LogP contribution in [0.15, 0.2) is 0 Å². The summed E-state index contributed by atoms with van der Waals surface area (Å²) < 4.78 is 32.5. The Bertz CT molecular complexity index is 407. The average molecular weight is 307 g/mol. The molecule has 0 atom stereocenters. The molecule has 0 saturated heterocycles. The lowest BCUT2D eigenvalue weighted by molar-refractivity contribution is -0.118. The van der Waals surface area contributed by atoms with E-state index < -0.39 is 16.1 Å². The van der Waals surface area contributed by atoms with Crippen LogP contribution in [0, 0.1) is 0 Å². The van der Waals surface area contributed by atoms with Gasteiger partial charge in [0.15, 0.2) is 0 Å². The van der Waals surface area contributed by atoms with E-state index in [1.54, 1.807) is 7.05 Å². The van der Waals surface area contributed by atoms with E-state index in [2.05, 4.69) is 0 Å². The van der Waals surface area contributed by atoms with Crippen LogP contribution < -0.4 is 5.73 Å². The third-order valence-electron chi connectivity index (χ3n) is 3.66. The van der Waals surface area contributed by atoms with E-state index in [0.29, 0.717) is 0 Å². The van der Waals surface area contributed by atoms with Crippen molar-refractivity contribution in [1.82, 2.24) is 8.61 Å². The second-order valence-electron chi connectivity index (χ2n) is 5.11. The van der Waals surface area contributed by atoms with Gasteiger partial charge in [0.25, 0.3) is 10.2 Å². The first-order chi connectivity index (χ1) is 9.39. The number of hydrogen-bond acceptors (Lipinski definition) is 4. The van der Waals surface area contributed by atoms with Crippen LogP contribution in [-0.2, 0) is 19.7 Å². The lowest BCUT2D eigenvalue weighted by atomic mass is 9.96. The summed E-state index contributed by atoms with van der Waals surface area (Å²) in [6.45, 7) is 0.0343. The zero-order valence-corrected chi connectivity index (χ0v) is 13.1. The van der Waals surface area contributed by atoms with Crippen molar-refractivity contribution < 1.29 is 17.9 Å². The van der Waals surface area contributed by atoms with Crippen molar-refractivity contribution in [2.24, 2.45) is 5.73 Å². The molecule has 0 aliphatic heterocycles. The van der Waals surface area contributed by atoms with Gasteiger partial charge < -0.3 is 10.5 Å². The van der Waals surface area contributed by atoms with Gasteiger partial charge in [-0.1, -0.05) is 19.3 Å². The molecule has 1 aliphatic carbocycles. The van der Waals surface area contributed by atoms with Crippen molar-refractivity contribution in [3.63, 3.8) is 0 Å². The van der Waals surface area contributed by atoms with E-state index in [0.717, 1.165) is 36.4 Å². The maximum atomic E-state index is 12.6. The minimum atomic E-state index is -3.68. The van der Waals surface area contributed by atoms with E-state index in [-0.39, 0.29) is 25.7 Å². The highest BCUT2D eigenvalue weighted by Gasteiger charge is 2.33. The van der Waals surface area contributed by atoms with Gasteiger partial charge in [0, 0.05) is 26.7 Å². The summed E-state index contributed by atoms with van der Waals surface area (Å²) in [5.41, 5.74) is 5.14. The summed E-state index contributed by atoms with van der Waals surface area (Å²) >= 11 is 0. The molecule has 8 heteroatoms. The standard InChI is InChI=1S/C12H25N3O4S/c1-14(11-6-4-3-5-7-11)20(17,18)15(8-9-19-2)10-12(13)16/h11H,3-10H2,1-2H3,(H2,13,16). The number of nitrogens with zero attached hydrogens (tertiary/aromatic N) is 2. The number of hydrogen-bond donors (Lipinski definition) is 1. The highest BCUT2D eigenvalue weighted by Crippen LogP contribution is 2.24. The van der Waals surface area contributed by atoms with Crippen molar-refractivity contribution >= 4 is 16.1 Å². The lowest BCUT2D eigenvalue weighted by Crippen LogP contribution is -2.50. The van der Waals surface area contributed by atoms with Gasteiger partial charge in [-0.05, 0) is 12.8 Å². The Balaban J connectivity index is 2.80. The number of nitrogens with two attached hydrogens (primary N) is 1. The predicted molar refractivity (Wildman–Crippen MR) is 76.2 cm³/mol. The van der Waals surface area contributed by atoms with Gasteiger partial charge in [0.1, 0.15) is 0 Å². The van der Waals surface area contributed by atoms with Gasteiger partial charge in [-0.25, -0.2) is 0 Å². The first kappa shape index (κ1) is 17.4. The number of carbonyl (C=O) groups is 1. The number of amides is 1. The van der Waals surface area contributed by atoms with Gasteiger partial charge in [-0.15, -0.1) is 0 Å². The van der Waals surface area contributed by atoms with Gasteiger partial charge in [-0.2, -0.15) is 17.0 Å². The molecule has 0 bridgehead atoms. The SMILES string of the molecule is COCCN(CC(N)=O)S(=O)(=O)N(C)C1CCCCC1. The molecule has 1 fully saturated rings. The molecule has 0 heterocycles. The highest BCUT2D eigenvalue weighted by molar-refractivity contribution is 7.86. The Morgan fingerprint density at radius 3 is 2.40 bits per heavy atom. The van der Waals surface area contributed by atoms with Crippen LogP contribution in [0.4, 0.5) is 0 Å². The summed E-state index contributed by atoms with van der Waals surface area (Å²) in [4.78, 5) is 11.1. The molecule has 0 aromatic heterocycles. The van der Waals surface area contributed by atoms with Crippen LogP contribution in [0.1, 0.15) is 32.1 Å². The molecule has 0 aromatic carbocycles. The molecule has 0 unspecified atom stereocenters. The fourth-order valence-electron chi connectivity index (χ4n) is 2.46. The van der Waals surface area contributed by atoms with E-state index in [4.69, 9.17) is 10.5 Å². The lowest BCUT2D eigenvalue weighted by Gasteiger charge is -2.34. The number of methoxy groups -OCH3 is 1. The van der Waals surface area contributed by atoms with Crippen LogP contribution >= 0.6 is 0 Å². The zero-order chi connectivity index (χ0) is 15.2. The Labute approximate surface area is 121 Å². The molecule has 20 heavy (non-hydrogen) atoms. The van der Waals surface area contributed by atoms with E-state index >= 15 is 0 Å². The minimum Gasteiger partial charge on any atom is -0.383 e. The van der Waals surface area contributed by atoms with Crippen molar-refractivity contribution in [3.05, 3.63) is 0 Å². The molecule has 1 amide bonds. The van der Waals surface area contributed by atoms with Crippen molar-refractivity contribution in [3.8, 4) is 0 Å². The van der Waals surface area contributed by atoms with Gasteiger partial charge in [0.05, 0.1) is 13.2 Å². The van der Waals surface area contributed by atoms with Crippen LogP contribution in [0.3, 0.4) is 0 Å². The Hall–Kier alpha value is -0.700. The fraction of sp³-hybridized carbons (Fsp3) is 0.917. The maximum Gasteiger partial charge on any atom is 0.282 e. The van der Waals surface area contributed by atoms with Gasteiger partial charge in [0.2, 0.25) is 5.91 Å². The second kappa shape index (κ2) is 7.92. The number of ether oxygens (including phenoxy) is 1. The van der Waals surface area contributed by atoms with Crippen molar-refractivity contribution in [1.29, 1.82) is 0 Å². The van der Waals surface area contributed by atoms with Crippen LogP contribution in [0.5, 0.6) is 0 Å². The third-order valence-corrected chi connectivity index (χ3v) is 5.65. The smallest absolute Gasteiger partial charge is 0.282 e. The van der Waals surface area contributed by atoms with Gasteiger partial charge in [-0.3, -0.25) is 4.79 Å². The average Bonchev–Trinajstić information content (AvgIpc) is 2.43. The predicted octanol–water partition coefficient (Wildman–Crippen LogP) is -0.0706. The molecule has 1 aliphatic rings. The molecule has 2 N–H and O–H groups in total. The van der Waals surface area contributed by atoms with E-state index in [9.17, 15) is 13.2 Å². The molecule has 0 radical (unpaired) electrons. The maximum absolute atomic E-state index is 12.6. The van der Waals surface area contributed by atoms with Crippen molar-refractivity contribution in [2.45, 2.75) is 38.1 Å². The zero-order valence-electron chi connectivity index (χ0n) is 12.2. The Morgan fingerprint density at radius 1 is 1.30 bits per heavy atom. The summed E-state index contributed by atoms with van der Waals surface area (Å²) in [7, 11) is -0.621. The molecular weight excluding hydrogens is 282 g/mol. The largest absolute Gasteiger partial charge is 0.383 e. The van der Waals surface area contributed by atoms with E-state index in [1.807, 2.05) is 0 Å². The van der Waals surface area contributed by atoms with Crippen LogP contribution in [0.25, 0.3) is 0 Å². The molecular formula is C12H25N3O4S. The van der Waals surface area contributed by atoms with E-state index in [1.165, 1.54) is 11.4 Å². The number of primary amides is 1. The summed E-state index contributed by atoms with van der Waals surface area (Å²) in [5.74, 6) is -0.665. The second-order valence-corrected chi connectivity index (χ2v) is 7.10. The fourth-order valence-corrected chi connectivity index (χ4v) is 4.01. The highest BCUT2D eigenvalue weighted by atomic mass is 32.2. The van der Waals surface area contributed by atoms with Crippen LogP contribution in [0.2, 0.25) is 0 Å². The van der Waals surface area contributed by atoms with Crippen LogP contribution in [-0.4, -0.2) is 62.8 Å². The molecule has 1 rings (SSSR count). The van der Waals surface area contributed by atoms with Gasteiger partial charge >= 0.3 is 0 Å². The Morgan fingerprint density at radius 2 is 1.90 bits per heavy atom. The summed E-state index contributed by atoms with van der Waals surface area (Å²) in [5, 5.41) is 0. The number of carbonyl (C=O) groups excluding carboxylic acids is 1. The molecule has 7 nitrogen and oxygen atoms in total. The quantitative estimate of drug-likeness (QED) is 0.679. The summed E-state index contributed by atoms with van der Waals surface area (Å²) in [6.07, 6.45) is 4.96.